The Bertz CT molecular complexity index is 1290. The third-order valence-electron chi connectivity index (χ3n) is 5.91. The molecule has 2 aromatic heterocycles. The average molecular weight is 443 g/mol. The number of para-hydroxylation sites is 1. The van der Waals surface area contributed by atoms with Crippen molar-refractivity contribution in [2.45, 2.75) is 25.3 Å². The first-order chi connectivity index (χ1) is 14.2. The van der Waals surface area contributed by atoms with Gasteiger partial charge in [-0.2, -0.15) is 4.37 Å². The second kappa shape index (κ2) is 8.71. The van der Waals surface area contributed by atoms with Gasteiger partial charge in [-0.3, -0.25) is 9.36 Å². The Morgan fingerprint density at radius 1 is 0.967 bits per heavy atom. The third kappa shape index (κ3) is 3.80. The van der Waals surface area contributed by atoms with Crippen molar-refractivity contribution < 1.29 is 0 Å². The molecule has 2 aromatic carbocycles. The van der Waals surface area contributed by atoms with Crippen LogP contribution in [-0.2, 0) is 6.54 Å². The fourth-order valence-corrected chi connectivity index (χ4v) is 5.13. The Balaban J connectivity index is 0.00000218. The predicted octanol–water partition coefficient (Wildman–Crippen LogP) is 3.60. The highest BCUT2D eigenvalue weighted by Crippen LogP contribution is 2.34. The van der Waals surface area contributed by atoms with Crippen LogP contribution in [0.3, 0.4) is 0 Å². The molecule has 1 fully saturated rings. The average Bonchev–Trinajstić information content (AvgIpc) is 3.18. The van der Waals surface area contributed by atoms with Crippen molar-refractivity contribution in [2.75, 3.05) is 19.6 Å². The molecular weight excluding hydrogens is 420 g/mol. The van der Waals surface area contributed by atoms with Crippen LogP contribution < -0.4 is 11.2 Å². The van der Waals surface area contributed by atoms with Crippen LogP contribution >= 0.6 is 23.9 Å². The maximum atomic E-state index is 12.7. The molecule has 0 bridgehead atoms. The summed E-state index contributed by atoms with van der Waals surface area (Å²) in [6.07, 6.45) is 2.10. The van der Waals surface area contributed by atoms with E-state index in [1.54, 1.807) is 23.7 Å². The van der Waals surface area contributed by atoms with Crippen molar-refractivity contribution >= 4 is 44.9 Å². The number of nitrogens with zero attached hydrogens (tertiary/aromatic N) is 3. The van der Waals surface area contributed by atoms with Gasteiger partial charge in [0.2, 0.25) is 0 Å². The molecule has 4 aromatic rings. The topological polar surface area (TPSA) is 71.0 Å². The number of rotatable bonds is 4. The molecule has 3 heterocycles. The first kappa shape index (κ1) is 20.8. The van der Waals surface area contributed by atoms with Gasteiger partial charge in [-0.05, 0) is 55.7 Å². The number of H-pyrrole nitrogens is 1. The molecule has 0 radical (unpaired) electrons. The Morgan fingerprint density at radius 3 is 2.47 bits per heavy atom. The van der Waals surface area contributed by atoms with Crippen LogP contribution in [-0.4, -0.2) is 38.5 Å². The van der Waals surface area contributed by atoms with Crippen molar-refractivity contribution in [3.8, 4) is 0 Å². The molecule has 5 rings (SSSR count). The largest absolute Gasteiger partial charge is 0.328 e. The highest BCUT2D eigenvalue weighted by molar-refractivity contribution is 7.13. The summed E-state index contributed by atoms with van der Waals surface area (Å²) < 4.78 is 7.29. The quantitative estimate of drug-likeness (QED) is 0.524. The minimum absolute atomic E-state index is 0. The van der Waals surface area contributed by atoms with Crippen molar-refractivity contribution in [3.05, 3.63) is 75.1 Å². The molecule has 156 valence electrons. The first-order valence-corrected chi connectivity index (χ1v) is 10.8. The number of piperidine rings is 1. The SMILES string of the molecule is Cl.O=c1[nH]c2ccccc2c(=O)n1CCN1CCC(c2nsc3ccccc23)CC1. The van der Waals surface area contributed by atoms with E-state index < -0.39 is 0 Å². The molecule has 1 aliphatic rings. The second-order valence-corrected chi connectivity index (χ2v) is 8.42. The molecule has 0 aliphatic carbocycles. The van der Waals surface area contributed by atoms with Crippen LogP contribution in [0.5, 0.6) is 0 Å². The number of aromatic amines is 1. The van der Waals surface area contributed by atoms with Crippen molar-refractivity contribution in [1.29, 1.82) is 0 Å². The minimum atomic E-state index is -0.336. The van der Waals surface area contributed by atoms with Crippen LogP contribution in [0.1, 0.15) is 24.5 Å². The lowest BCUT2D eigenvalue weighted by molar-refractivity contribution is 0.203. The molecule has 0 amide bonds. The highest BCUT2D eigenvalue weighted by Gasteiger charge is 2.24. The predicted molar refractivity (Wildman–Crippen MR) is 124 cm³/mol. The van der Waals surface area contributed by atoms with E-state index >= 15 is 0 Å². The van der Waals surface area contributed by atoms with E-state index in [0.717, 1.165) is 25.9 Å². The lowest BCUT2D eigenvalue weighted by atomic mass is 9.91. The van der Waals surface area contributed by atoms with E-state index in [-0.39, 0.29) is 23.7 Å². The van der Waals surface area contributed by atoms with Gasteiger partial charge < -0.3 is 9.88 Å². The van der Waals surface area contributed by atoms with Crippen LogP contribution in [0.15, 0.2) is 58.1 Å². The molecule has 1 N–H and O–H groups in total. The van der Waals surface area contributed by atoms with Crippen LogP contribution in [0.2, 0.25) is 0 Å². The fourth-order valence-electron chi connectivity index (χ4n) is 4.27. The molecule has 0 spiro atoms. The van der Waals surface area contributed by atoms with Crippen molar-refractivity contribution in [2.24, 2.45) is 0 Å². The molecule has 0 atom stereocenters. The molecule has 0 unspecified atom stereocenters. The molecule has 0 saturated carbocycles. The van der Waals surface area contributed by atoms with Gasteiger partial charge in [-0.25, -0.2) is 4.79 Å². The molecule has 30 heavy (non-hydrogen) atoms. The number of hydrogen-bond donors (Lipinski definition) is 1. The van der Waals surface area contributed by atoms with Gasteiger partial charge in [0.05, 0.1) is 21.3 Å². The van der Waals surface area contributed by atoms with Crippen LogP contribution in [0.4, 0.5) is 0 Å². The van der Waals surface area contributed by atoms with Gasteiger partial charge in [0.1, 0.15) is 0 Å². The smallest absolute Gasteiger partial charge is 0.307 e. The summed E-state index contributed by atoms with van der Waals surface area (Å²) in [5, 5.41) is 1.84. The van der Waals surface area contributed by atoms with E-state index in [0.29, 0.717) is 29.9 Å². The molecule has 1 aliphatic heterocycles. The molecule has 1 saturated heterocycles. The van der Waals surface area contributed by atoms with Gasteiger partial charge >= 0.3 is 5.69 Å². The Labute approximate surface area is 183 Å². The maximum absolute atomic E-state index is 12.7. The van der Waals surface area contributed by atoms with Crippen molar-refractivity contribution in [3.63, 3.8) is 0 Å². The summed E-state index contributed by atoms with van der Waals surface area (Å²) in [6, 6.07) is 15.6. The Morgan fingerprint density at radius 2 is 1.67 bits per heavy atom. The molecular formula is C22H23ClN4O2S. The zero-order valence-corrected chi connectivity index (χ0v) is 18.0. The normalized spacial score (nSPS) is 15.5. The number of likely N-dealkylation sites (tertiary alicyclic amines) is 1. The van der Waals surface area contributed by atoms with Gasteiger partial charge in [-0.1, -0.05) is 30.3 Å². The van der Waals surface area contributed by atoms with E-state index in [1.807, 2.05) is 12.1 Å². The third-order valence-corrected chi connectivity index (χ3v) is 6.75. The number of benzene rings is 2. The molecule has 8 heteroatoms. The zero-order chi connectivity index (χ0) is 19.8. The Kier molecular flexibility index (Phi) is 6.04. The summed E-state index contributed by atoms with van der Waals surface area (Å²) in [5.41, 5.74) is 1.27. The highest BCUT2D eigenvalue weighted by atomic mass is 35.5. The number of fused-ring (bicyclic) bond motifs is 2. The van der Waals surface area contributed by atoms with Crippen LogP contribution in [0, 0.1) is 0 Å². The van der Waals surface area contributed by atoms with Gasteiger partial charge in [0.25, 0.3) is 5.56 Å². The number of hydrogen-bond acceptors (Lipinski definition) is 5. The summed E-state index contributed by atoms with van der Waals surface area (Å²) >= 11 is 1.58. The Hall–Kier alpha value is -2.48. The standard InChI is InChI=1S/C22H22N4O2S.ClH/c27-21-16-5-1-3-7-18(16)23-22(28)26(21)14-13-25-11-9-15(10-12-25)20-17-6-2-4-8-19(17)29-24-20;/h1-8,15H,9-14H2,(H,23,28);1H. The summed E-state index contributed by atoms with van der Waals surface area (Å²) in [5.74, 6) is 0.481. The number of halogens is 1. The monoisotopic (exact) mass is 442 g/mol. The lowest BCUT2D eigenvalue weighted by Crippen LogP contribution is -2.41. The zero-order valence-electron chi connectivity index (χ0n) is 16.4. The molecule has 6 nitrogen and oxygen atoms in total. The first-order valence-electron chi connectivity index (χ1n) is 9.99. The van der Waals surface area contributed by atoms with Gasteiger partial charge in [0, 0.05) is 24.4 Å². The van der Waals surface area contributed by atoms with Gasteiger partial charge in [-0.15, -0.1) is 12.4 Å². The number of aromatic nitrogens is 3. The van der Waals surface area contributed by atoms with Crippen LogP contribution in [0.25, 0.3) is 21.0 Å². The maximum Gasteiger partial charge on any atom is 0.328 e. The summed E-state index contributed by atoms with van der Waals surface area (Å²) in [4.78, 5) is 30.2. The fraction of sp³-hybridized carbons (Fsp3) is 0.318. The van der Waals surface area contributed by atoms with Gasteiger partial charge in [0.15, 0.2) is 0 Å². The number of nitrogens with one attached hydrogen (secondary N) is 1. The van der Waals surface area contributed by atoms with E-state index in [1.165, 1.54) is 20.3 Å². The van der Waals surface area contributed by atoms with E-state index in [2.05, 4.69) is 34.1 Å². The van der Waals surface area contributed by atoms with Crippen molar-refractivity contribution in [1.82, 2.24) is 18.8 Å². The second-order valence-electron chi connectivity index (χ2n) is 7.61. The lowest BCUT2D eigenvalue weighted by Gasteiger charge is -2.31. The summed E-state index contributed by atoms with van der Waals surface area (Å²) in [6.45, 7) is 3.02. The van der Waals surface area contributed by atoms with E-state index in [4.69, 9.17) is 4.37 Å². The summed E-state index contributed by atoms with van der Waals surface area (Å²) in [7, 11) is 0. The van der Waals surface area contributed by atoms with E-state index in [9.17, 15) is 9.59 Å². The minimum Gasteiger partial charge on any atom is -0.307 e.